The van der Waals surface area contributed by atoms with Crippen molar-refractivity contribution >= 4 is 0 Å². The maximum Gasteiger partial charge on any atom is 0.0983 e. The monoisotopic (exact) mass is 242 g/mol. The lowest BCUT2D eigenvalue weighted by Gasteiger charge is -2.49. The van der Waals surface area contributed by atoms with Crippen LogP contribution in [0, 0.1) is 17.3 Å². The van der Waals surface area contributed by atoms with E-state index in [1.165, 1.54) is 50.5 Å². The van der Waals surface area contributed by atoms with Crippen molar-refractivity contribution in [3.63, 3.8) is 0 Å². The molecule has 3 saturated carbocycles. The lowest BCUT2D eigenvalue weighted by atomic mass is 9.59. The molecule has 3 aliphatic carbocycles. The average molecular weight is 242 g/mol. The molecule has 0 amide bonds. The van der Waals surface area contributed by atoms with E-state index >= 15 is 0 Å². The molecule has 1 spiro atoms. The molecule has 3 unspecified atom stereocenters. The standard InChI is InChI=1S/C17H22O/c18-17(13-6-2-1-3-7-13)15-9-8-14(12-15)16(17)10-4-5-11-16/h1-3,6-7,14-15,18H,4-5,8-12H2. The number of fused-ring (bicyclic) bond motifs is 3. The van der Waals surface area contributed by atoms with Gasteiger partial charge < -0.3 is 5.11 Å². The van der Waals surface area contributed by atoms with Crippen molar-refractivity contribution in [1.29, 1.82) is 0 Å². The van der Waals surface area contributed by atoms with Crippen LogP contribution in [0.3, 0.4) is 0 Å². The third-order valence-electron chi connectivity index (χ3n) is 6.27. The van der Waals surface area contributed by atoms with Crippen molar-refractivity contribution in [2.45, 2.75) is 50.5 Å². The number of aliphatic hydroxyl groups is 1. The Morgan fingerprint density at radius 2 is 1.61 bits per heavy atom. The van der Waals surface area contributed by atoms with E-state index in [-0.39, 0.29) is 5.41 Å². The van der Waals surface area contributed by atoms with Gasteiger partial charge in [0.15, 0.2) is 0 Å². The number of rotatable bonds is 1. The van der Waals surface area contributed by atoms with Crippen LogP contribution in [-0.2, 0) is 5.60 Å². The van der Waals surface area contributed by atoms with Gasteiger partial charge in [-0.15, -0.1) is 0 Å². The first kappa shape index (κ1) is 11.0. The summed E-state index contributed by atoms with van der Waals surface area (Å²) in [5.74, 6) is 1.30. The summed E-state index contributed by atoms with van der Waals surface area (Å²) in [4.78, 5) is 0. The zero-order valence-electron chi connectivity index (χ0n) is 10.9. The molecule has 1 aromatic carbocycles. The van der Waals surface area contributed by atoms with Crippen LogP contribution in [0.2, 0.25) is 0 Å². The molecular weight excluding hydrogens is 220 g/mol. The first-order chi connectivity index (χ1) is 8.77. The Hall–Kier alpha value is -0.820. The smallest absolute Gasteiger partial charge is 0.0983 e. The van der Waals surface area contributed by atoms with Crippen LogP contribution in [0.5, 0.6) is 0 Å². The summed E-state index contributed by atoms with van der Waals surface area (Å²) in [6, 6.07) is 10.5. The number of benzene rings is 1. The molecule has 3 aliphatic rings. The molecule has 1 heteroatoms. The van der Waals surface area contributed by atoms with Crippen LogP contribution in [0.15, 0.2) is 30.3 Å². The summed E-state index contributed by atoms with van der Waals surface area (Å²) in [6.07, 6.45) is 9.00. The first-order valence-corrected chi connectivity index (χ1v) is 7.55. The molecule has 0 saturated heterocycles. The summed E-state index contributed by atoms with van der Waals surface area (Å²) in [5.41, 5.74) is 0.893. The molecule has 0 aliphatic heterocycles. The maximum atomic E-state index is 11.6. The Morgan fingerprint density at radius 3 is 2.33 bits per heavy atom. The Balaban J connectivity index is 1.87. The third-order valence-corrected chi connectivity index (χ3v) is 6.27. The van der Waals surface area contributed by atoms with Crippen LogP contribution in [0.1, 0.15) is 50.5 Å². The molecule has 3 atom stereocenters. The van der Waals surface area contributed by atoms with E-state index in [0.717, 1.165) is 5.92 Å². The normalized spacial score (nSPS) is 40.7. The maximum absolute atomic E-state index is 11.6. The van der Waals surface area contributed by atoms with Gasteiger partial charge in [0.05, 0.1) is 5.60 Å². The molecule has 96 valence electrons. The fourth-order valence-corrected chi connectivity index (χ4v) is 5.59. The molecule has 1 nitrogen and oxygen atoms in total. The topological polar surface area (TPSA) is 20.2 Å². The van der Waals surface area contributed by atoms with Crippen molar-refractivity contribution < 1.29 is 5.11 Å². The molecule has 0 aromatic heterocycles. The second kappa shape index (κ2) is 3.60. The predicted molar refractivity (Wildman–Crippen MR) is 72.1 cm³/mol. The lowest BCUT2D eigenvalue weighted by molar-refractivity contribution is -0.128. The minimum atomic E-state index is -0.520. The van der Waals surface area contributed by atoms with E-state index in [1.807, 2.05) is 0 Å². The molecule has 2 bridgehead atoms. The second-order valence-electron chi connectivity index (χ2n) is 6.70. The van der Waals surface area contributed by atoms with Crippen molar-refractivity contribution in [1.82, 2.24) is 0 Å². The summed E-state index contributed by atoms with van der Waals surface area (Å²) >= 11 is 0. The van der Waals surface area contributed by atoms with Gasteiger partial charge in [-0.1, -0.05) is 43.2 Å². The van der Waals surface area contributed by atoms with Gasteiger partial charge in [-0.3, -0.25) is 0 Å². The highest BCUT2D eigenvalue weighted by Crippen LogP contribution is 2.71. The quantitative estimate of drug-likeness (QED) is 0.792. The highest BCUT2D eigenvalue weighted by molar-refractivity contribution is 5.32. The predicted octanol–water partition coefficient (Wildman–Crippen LogP) is 3.86. The Morgan fingerprint density at radius 1 is 0.944 bits per heavy atom. The highest BCUT2D eigenvalue weighted by Gasteiger charge is 2.67. The molecule has 1 N–H and O–H groups in total. The Kier molecular flexibility index (Phi) is 2.21. The van der Waals surface area contributed by atoms with Crippen molar-refractivity contribution in [2.24, 2.45) is 17.3 Å². The summed E-state index contributed by atoms with van der Waals surface area (Å²) in [5, 5.41) is 11.6. The van der Waals surface area contributed by atoms with Crippen LogP contribution in [0.4, 0.5) is 0 Å². The van der Waals surface area contributed by atoms with E-state index < -0.39 is 5.60 Å². The number of hydrogen-bond acceptors (Lipinski definition) is 1. The van der Waals surface area contributed by atoms with Crippen LogP contribution < -0.4 is 0 Å². The van der Waals surface area contributed by atoms with Gasteiger partial charge >= 0.3 is 0 Å². The highest BCUT2D eigenvalue weighted by atomic mass is 16.3. The molecule has 1 aromatic rings. The third kappa shape index (κ3) is 1.12. The summed E-state index contributed by atoms with van der Waals surface area (Å²) < 4.78 is 0. The van der Waals surface area contributed by atoms with E-state index in [9.17, 15) is 5.11 Å². The van der Waals surface area contributed by atoms with E-state index in [4.69, 9.17) is 0 Å². The van der Waals surface area contributed by atoms with E-state index in [1.54, 1.807) is 0 Å². The first-order valence-electron chi connectivity index (χ1n) is 7.55. The zero-order valence-corrected chi connectivity index (χ0v) is 10.9. The van der Waals surface area contributed by atoms with Gasteiger partial charge in [0, 0.05) is 5.41 Å². The average Bonchev–Trinajstić information content (AvgIpc) is 3.11. The van der Waals surface area contributed by atoms with Gasteiger partial charge in [0.2, 0.25) is 0 Å². The van der Waals surface area contributed by atoms with Crippen molar-refractivity contribution in [3.8, 4) is 0 Å². The summed E-state index contributed by atoms with van der Waals surface area (Å²) in [6.45, 7) is 0. The largest absolute Gasteiger partial charge is 0.384 e. The molecule has 0 radical (unpaired) electrons. The van der Waals surface area contributed by atoms with Crippen molar-refractivity contribution in [2.75, 3.05) is 0 Å². The minimum Gasteiger partial charge on any atom is -0.384 e. The van der Waals surface area contributed by atoms with Crippen LogP contribution >= 0.6 is 0 Å². The molecule has 4 rings (SSSR count). The van der Waals surface area contributed by atoms with Crippen LogP contribution in [-0.4, -0.2) is 5.11 Å². The zero-order chi connectivity index (χ0) is 12.2. The Labute approximate surface area is 109 Å². The minimum absolute atomic E-state index is 0.220. The van der Waals surface area contributed by atoms with Gasteiger partial charge in [0.25, 0.3) is 0 Å². The second-order valence-corrected chi connectivity index (χ2v) is 6.70. The number of hydrogen-bond donors (Lipinski definition) is 1. The molecular formula is C17H22O. The van der Waals surface area contributed by atoms with Crippen LogP contribution in [0.25, 0.3) is 0 Å². The molecule has 18 heavy (non-hydrogen) atoms. The molecule has 0 heterocycles. The summed E-state index contributed by atoms with van der Waals surface area (Å²) in [7, 11) is 0. The van der Waals surface area contributed by atoms with Gasteiger partial charge in [0.1, 0.15) is 0 Å². The SMILES string of the molecule is OC1(c2ccccc2)C2CCC(C2)C12CCCC2. The van der Waals surface area contributed by atoms with Gasteiger partial charge in [-0.2, -0.15) is 0 Å². The van der Waals surface area contributed by atoms with Crippen molar-refractivity contribution in [3.05, 3.63) is 35.9 Å². The van der Waals surface area contributed by atoms with Gasteiger partial charge in [-0.05, 0) is 49.5 Å². The molecule has 3 fully saturated rings. The Bertz CT molecular complexity index is 446. The fraction of sp³-hybridized carbons (Fsp3) is 0.647. The lowest BCUT2D eigenvalue weighted by Crippen LogP contribution is -2.48. The van der Waals surface area contributed by atoms with Gasteiger partial charge in [-0.25, -0.2) is 0 Å². The fourth-order valence-electron chi connectivity index (χ4n) is 5.59. The van der Waals surface area contributed by atoms with E-state index in [2.05, 4.69) is 30.3 Å². The van der Waals surface area contributed by atoms with E-state index in [0.29, 0.717) is 5.92 Å².